The van der Waals surface area contributed by atoms with E-state index in [4.69, 9.17) is 14.2 Å². The van der Waals surface area contributed by atoms with Crippen LogP contribution in [-0.2, 0) is 6.54 Å². The van der Waals surface area contributed by atoms with Gasteiger partial charge in [0.1, 0.15) is 0 Å². The highest BCUT2D eigenvalue weighted by Crippen LogP contribution is 2.45. The van der Waals surface area contributed by atoms with E-state index in [-0.39, 0.29) is 0 Å². The molecule has 118 valence electrons. The number of likely N-dealkylation sites (N-methyl/N-ethyl adjacent to an activating group) is 1. The SMILES string of the molecule is CCN(CC)[C@H]1CNCc2c1cc(OC)c(OC)c2OC. The lowest BCUT2D eigenvalue weighted by molar-refractivity contribution is 0.202. The van der Waals surface area contributed by atoms with Crippen molar-refractivity contribution >= 4 is 0 Å². The number of nitrogens with zero attached hydrogens (tertiary/aromatic N) is 1. The Morgan fingerprint density at radius 3 is 2.29 bits per heavy atom. The van der Waals surface area contributed by atoms with Crippen LogP contribution < -0.4 is 19.5 Å². The molecule has 2 rings (SSSR count). The number of methoxy groups -OCH3 is 3. The largest absolute Gasteiger partial charge is 0.493 e. The van der Waals surface area contributed by atoms with Gasteiger partial charge in [-0.15, -0.1) is 0 Å². The van der Waals surface area contributed by atoms with Crippen molar-refractivity contribution in [3.8, 4) is 17.2 Å². The van der Waals surface area contributed by atoms with E-state index in [0.29, 0.717) is 11.8 Å². The van der Waals surface area contributed by atoms with Gasteiger partial charge in [-0.1, -0.05) is 13.8 Å². The summed E-state index contributed by atoms with van der Waals surface area (Å²) in [5, 5.41) is 3.49. The van der Waals surface area contributed by atoms with Crippen molar-refractivity contribution in [2.45, 2.75) is 26.4 Å². The van der Waals surface area contributed by atoms with E-state index < -0.39 is 0 Å². The van der Waals surface area contributed by atoms with Gasteiger partial charge in [0, 0.05) is 24.7 Å². The third-order valence-corrected chi connectivity index (χ3v) is 4.22. The molecule has 0 fully saturated rings. The average molecular weight is 294 g/mol. The van der Waals surface area contributed by atoms with Crippen molar-refractivity contribution in [3.05, 3.63) is 17.2 Å². The molecule has 0 aliphatic carbocycles. The number of nitrogens with one attached hydrogen (secondary N) is 1. The van der Waals surface area contributed by atoms with Gasteiger partial charge < -0.3 is 19.5 Å². The lowest BCUT2D eigenvalue weighted by Gasteiger charge is -2.36. The predicted molar refractivity (Wildman–Crippen MR) is 83.5 cm³/mol. The van der Waals surface area contributed by atoms with Gasteiger partial charge >= 0.3 is 0 Å². The molecule has 0 radical (unpaired) electrons. The summed E-state index contributed by atoms with van der Waals surface area (Å²) in [6, 6.07) is 2.43. The fourth-order valence-electron chi connectivity index (χ4n) is 3.15. The molecule has 0 saturated heterocycles. The Hall–Kier alpha value is -1.46. The first-order valence-corrected chi connectivity index (χ1v) is 7.48. The van der Waals surface area contributed by atoms with E-state index in [1.807, 2.05) is 0 Å². The van der Waals surface area contributed by atoms with Crippen LogP contribution >= 0.6 is 0 Å². The molecule has 1 aromatic carbocycles. The van der Waals surface area contributed by atoms with Crippen LogP contribution in [0, 0.1) is 0 Å². The maximum Gasteiger partial charge on any atom is 0.203 e. The second-order valence-electron chi connectivity index (χ2n) is 5.08. The van der Waals surface area contributed by atoms with E-state index in [1.54, 1.807) is 21.3 Å². The molecular weight excluding hydrogens is 268 g/mol. The maximum absolute atomic E-state index is 5.61. The lowest BCUT2D eigenvalue weighted by Crippen LogP contribution is -2.39. The zero-order valence-corrected chi connectivity index (χ0v) is 13.7. The van der Waals surface area contributed by atoms with Crippen LogP contribution in [0.4, 0.5) is 0 Å². The first kappa shape index (κ1) is 15.9. The van der Waals surface area contributed by atoms with Crippen LogP contribution in [0.1, 0.15) is 31.0 Å². The van der Waals surface area contributed by atoms with E-state index >= 15 is 0 Å². The molecule has 5 heteroatoms. The number of rotatable bonds is 6. The molecule has 0 amide bonds. The van der Waals surface area contributed by atoms with Gasteiger partial charge in [-0.3, -0.25) is 4.90 Å². The zero-order chi connectivity index (χ0) is 15.4. The molecular formula is C16H26N2O3. The van der Waals surface area contributed by atoms with Crippen molar-refractivity contribution in [2.75, 3.05) is 41.0 Å². The summed E-state index contributed by atoms with van der Waals surface area (Å²) in [6.07, 6.45) is 0. The minimum atomic E-state index is 0.331. The number of benzene rings is 1. The molecule has 5 nitrogen and oxygen atoms in total. The van der Waals surface area contributed by atoms with Gasteiger partial charge in [0.2, 0.25) is 5.75 Å². The Kier molecular flexibility index (Phi) is 5.31. The summed E-state index contributed by atoms with van der Waals surface area (Å²) in [5.41, 5.74) is 2.44. The Morgan fingerprint density at radius 2 is 1.76 bits per heavy atom. The third kappa shape index (κ3) is 2.80. The number of hydrogen-bond donors (Lipinski definition) is 1. The lowest BCUT2D eigenvalue weighted by atomic mass is 9.93. The fraction of sp³-hybridized carbons (Fsp3) is 0.625. The molecule has 1 aliphatic rings. The molecule has 1 heterocycles. The van der Waals surface area contributed by atoms with Crippen LogP contribution in [0.25, 0.3) is 0 Å². The van der Waals surface area contributed by atoms with Crippen molar-refractivity contribution in [1.29, 1.82) is 0 Å². The topological polar surface area (TPSA) is 43.0 Å². The van der Waals surface area contributed by atoms with E-state index in [2.05, 4.69) is 30.1 Å². The van der Waals surface area contributed by atoms with Crippen molar-refractivity contribution in [2.24, 2.45) is 0 Å². The number of hydrogen-bond acceptors (Lipinski definition) is 5. The summed E-state index contributed by atoms with van der Waals surface area (Å²) in [6.45, 7) is 8.13. The smallest absolute Gasteiger partial charge is 0.203 e. The summed E-state index contributed by atoms with van der Waals surface area (Å²) in [5.74, 6) is 2.17. The van der Waals surface area contributed by atoms with E-state index in [9.17, 15) is 0 Å². The van der Waals surface area contributed by atoms with Crippen LogP contribution in [0.5, 0.6) is 17.2 Å². The van der Waals surface area contributed by atoms with Crippen LogP contribution in [-0.4, -0.2) is 45.9 Å². The zero-order valence-electron chi connectivity index (χ0n) is 13.7. The Balaban J connectivity index is 2.58. The molecule has 1 N–H and O–H groups in total. The normalized spacial score (nSPS) is 17.5. The van der Waals surface area contributed by atoms with Gasteiger partial charge in [0.25, 0.3) is 0 Å². The van der Waals surface area contributed by atoms with Gasteiger partial charge in [-0.25, -0.2) is 0 Å². The number of fused-ring (bicyclic) bond motifs is 1. The highest BCUT2D eigenvalue weighted by molar-refractivity contribution is 5.60. The second kappa shape index (κ2) is 7.00. The minimum Gasteiger partial charge on any atom is -0.493 e. The van der Waals surface area contributed by atoms with Gasteiger partial charge in [-0.2, -0.15) is 0 Å². The minimum absolute atomic E-state index is 0.331. The van der Waals surface area contributed by atoms with E-state index in [0.717, 1.165) is 37.7 Å². The van der Waals surface area contributed by atoms with Crippen molar-refractivity contribution < 1.29 is 14.2 Å². The van der Waals surface area contributed by atoms with Gasteiger partial charge in [0.15, 0.2) is 11.5 Å². The third-order valence-electron chi connectivity index (χ3n) is 4.22. The highest BCUT2D eigenvalue weighted by atomic mass is 16.5. The summed E-state index contributed by atoms with van der Waals surface area (Å²) < 4.78 is 16.6. The van der Waals surface area contributed by atoms with Crippen LogP contribution in [0.15, 0.2) is 6.07 Å². The summed E-state index contributed by atoms with van der Waals surface area (Å²) in [4.78, 5) is 2.44. The molecule has 0 aromatic heterocycles. The van der Waals surface area contributed by atoms with Gasteiger partial charge in [0.05, 0.1) is 21.3 Å². The monoisotopic (exact) mass is 294 g/mol. The molecule has 21 heavy (non-hydrogen) atoms. The van der Waals surface area contributed by atoms with E-state index in [1.165, 1.54) is 11.1 Å². The Morgan fingerprint density at radius 1 is 1.10 bits per heavy atom. The molecule has 1 atom stereocenters. The van der Waals surface area contributed by atoms with Crippen LogP contribution in [0.2, 0.25) is 0 Å². The standard InChI is InChI=1S/C16H26N2O3/c1-6-18(7-2)13-10-17-9-12-11(13)8-14(19-3)16(21-5)15(12)20-4/h8,13,17H,6-7,9-10H2,1-5H3/t13-/m0/s1. The fourth-order valence-corrected chi connectivity index (χ4v) is 3.15. The van der Waals surface area contributed by atoms with Crippen molar-refractivity contribution in [3.63, 3.8) is 0 Å². The average Bonchev–Trinajstić information content (AvgIpc) is 2.54. The number of ether oxygens (including phenoxy) is 3. The maximum atomic E-state index is 5.61. The second-order valence-corrected chi connectivity index (χ2v) is 5.08. The molecule has 0 spiro atoms. The molecule has 1 aliphatic heterocycles. The summed E-state index contributed by atoms with van der Waals surface area (Å²) in [7, 11) is 4.99. The first-order valence-electron chi connectivity index (χ1n) is 7.48. The predicted octanol–water partition coefficient (Wildman–Crippen LogP) is 2.20. The summed E-state index contributed by atoms with van der Waals surface area (Å²) >= 11 is 0. The molecule has 0 unspecified atom stereocenters. The molecule has 0 saturated carbocycles. The molecule has 1 aromatic rings. The quantitative estimate of drug-likeness (QED) is 0.871. The highest BCUT2D eigenvalue weighted by Gasteiger charge is 2.30. The first-order chi connectivity index (χ1) is 10.2. The molecule has 0 bridgehead atoms. The van der Waals surface area contributed by atoms with Gasteiger partial charge in [-0.05, 0) is 24.7 Å². The Bertz CT molecular complexity index is 487. The van der Waals surface area contributed by atoms with Crippen molar-refractivity contribution in [1.82, 2.24) is 10.2 Å². The van der Waals surface area contributed by atoms with Crippen LogP contribution in [0.3, 0.4) is 0 Å². The Labute approximate surface area is 127 Å².